The van der Waals surface area contributed by atoms with Crippen LogP contribution >= 0.6 is 23.2 Å². The van der Waals surface area contributed by atoms with Gasteiger partial charge in [0.15, 0.2) is 5.69 Å². The fraction of sp³-hybridized carbons (Fsp3) is 0.148. The molecule has 13 nitrogen and oxygen atoms in total. The number of aromatic nitrogens is 6. The van der Waals surface area contributed by atoms with Gasteiger partial charge in [-0.1, -0.05) is 29.3 Å². The van der Waals surface area contributed by atoms with E-state index in [2.05, 4.69) is 36.2 Å². The molecule has 5 N–H and O–H groups in total. The molecular formula is C27H21Cl2FN10O3. The summed E-state index contributed by atoms with van der Waals surface area (Å²) in [5, 5.41) is 22.4. The van der Waals surface area contributed by atoms with Crippen molar-refractivity contribution in [2.45, 2.75) is 18.6 Å². The summed E-state index contributed by atoms with van der Waals surface area (Å²) in [6.07, 6.45) is 2.82. The average Bonchev–Trinajstić information content (AvgIpc) is 3.70. The number of H-pyrrole nitrogens is 1. The summed E-state index contributed by atoms with van der Waals surface area (Å²) in [6.45, 7) is -0.325. The standard InChI is InChI=1S/C27H21Cl2FN10O3/c28-15-2-3-17(19(29)8-15)23-20(11-34-36-23)35-27(43)39-12-16(30)9-22(39)26(42)38-40-21-4-1-13(14-5-6-32-33-10-14)7-18(21)24(37-40)25(31)41/h1-8,10-11,16,22H,9,12H2,(H2,31,41)(H,34,36)(H,35,43)(H,38,42). The lowest BCUT2D eigenvalue weighted by Gasteiger charge is -2.24. The summed E-state index contributed by atoms with van der Waals surface area (Å²) in [4.78, 5) is 41.1. The van der Waals surface area contributed by atoms with Gasteiger partial charge in [0.25, 0.3) is 11.8 Å². The molecule has 5 aromatic rings. The molecule has 2 unspecified atom stereocenters. The molecule has 2 aromatic carbocycles. The van der Waals surface area contributed by atoms with Crippen molar-refractivity contribution in [1.29, 1.82) is 0 Å². The number of carbonyl (C=O) groups excluding carboxylic acids is 3. The second-order valence-corrected chi connectivity index (χ2v) is 10.5. The maximum Gasteiger partial charge on any atom is 0.322 e. The van der Waals surface area contributed by atoms with Crippen molar-refractivity contribution in [2.24, 2.45) is 5.73 Å². The normalized spacial score (nSPS) is 16.4. The van der Waals surface area contributed by atoms with Crippen molar-refractivity contribution < 1.29 is 18.8 Å². The van der Waals surface area contributed by atoms with Gasteiger partial charge in [0.1, 0.15) is 17.9 Å². The number of likely N-dealkylation sites (tertiary alicyclic amines) is 1. The van der Waals surface area contributed by atoms with Gasteiger partial charge in [0.2, 0.25) is 0 Å². The van der Waals surface area contributed by atoms with Gasteiger partial charge in [-0.25, -0.2) is 14.6 Å². The number of rotatable bonds is 6. The molecule has 1 aliphatic rings. The minimum atomic E-state index is -1.46. The fourth-order valence-corrected chi connectivity index (χ4v) is 5.42. The highest BCUT2D eigenvalue weighted by Crippen LogP contribution is 2.34. The van der Waals surface area contributed by atoms with E-state index in [0.717, 1.165) is 15.3 Å². The highest BCUT2D eigenvalue weighted by molar-refractivity contribution is 6.36. The Bertz CT molecular complexity index is 1880. The van der Waals surface area contributed by atoms with E-state index in [9.17, 15) is 18.8 Å². The summed E-state index contributed by atoms with van der Waals surface area (Å²) in [5.74, 6) is -1.53. The molecule has 4 amide bonds. The monoisotopic (exact) mass is 622 g/mol. The van der Waals surface area contributed by atoms with Gasteiger partial charge in [-0.3, -0.25) is 14.7 Å². The molecule has 0 aliphatic carbocycles. The lowest BCUT2D eigenvalue weighted by molar-refractivity contribution is -0.120. The van der Waals surface area contributed by atoms with Crippen LogP contribution < -0.4 is 16.5 Å². The lowest BCUT2D eigenvalue weighted by atomic mass is 10.1. The molecule has 6 rings (SSSR count). The van der Waals surface area contributed by atoms with E-state index in [1.165, 1.54) is 18.5 Å². The van der Waals surface area contributed by atoms with Gasteiger partial charge >= 0.3 is 6.03 Å². The summed E-state index contributed by atoms with van der Waals surface area (Å²) in [5.41, 5.74) is 11.0. The molecule has 3 aromatic heterocycles. The first-order valence-electron chi connectivity index (χ1n) is 12.8. The lowest BCUT2D eigenvalue weighted by Crippen LogP contribution is -2.47. The number of nitrogens with one attached hydrogen (secondary N) is 3. The minimum Gasteiger partial charge on any atom is -0.364 e. The molecule has 2 atom stereocenters. The Labute approximate surface area is 252 Å². The van der Waals surface area contributed by atoms with E-state index in [-0.39, 0.29) is 24.3 Å². The smallest absolute Gasteiger partial charge is 0.322 e. The van der Waals surface area contributed by atoms with Crippen LogP contribution in [0.1, 0.15) is 16.9 Å². The quantitative estimate of drug-likeness (QED) is 0.221. The number of anilines is 1. The van der Waals surface area contributed by atoms with Crippen LogP contribution in [0.3, 0.4) is 0 Å². The Hall–Kier alpha value is -5.08. The Morgan fingerprint density at radius 2 is 1.91 bits per heavy atom. The number of benzene rings is 2. The zero-order valence-electron chi connectivity index (χ0n) is 22.0. The van der Waals surface area contributed by atoms with Gasteiger partial charge in [-0.2, -0.15) is 20.1 Å². The van der Waals surface area contributed by atoms with Gasteiger partial charge < -0.3 is 16.0 Å². The van der Waals surface area contributed by atoms with Crippen molar-refractivity contribution in [3.63, 3.8) is 0 Å². The predicted octanol–water partition coefficient (Wildman–Crippen LogP) is 4.00. The molecule has 218 valence electrons. The van der Waals surface area contributed by atoms with Crippen LogP contribution in [0.4, 0.5) is 14.9 Å². The maximum atomic E-state index is 14.6. The summed E-state index contributed by atoms with van der Waals surface area (Å²) < 4.78 is 14.6. The molecule has 0 saturated carbocycles. The first-order valence-corrected chi connectivity index (χ1v) is 13.6. The molecule has 4 heterocycles. The van der Waals surface area contributed by atoms with Crippen molar-refractivity contribution in [3.05, 3.63) is 76.8 Å². The SMILES string of the molecule is NC(=O)c1nn(NC(=O)C2CC(F)CN2C(=O)Nc2c[nH]nc2-c2ccc(Cl)cc2Cl)c2ccc(-c3ccnnc3)cc12. The van der Waals surface area contributed by atoms with Crippen LogP contribution in [0, 0.1) is 0 Å². The van der Waals surface area contributed by atoms with E-state index in [1.54, 1.807) is 42.6 Å². The topological polar surface area (TPSA) is 177 Å². The number of nitrogens with two attached hydrogens (primary N) is 1. The number of hydrogen-bond acceptors (Lipinski definition) is 7. The van der Waals surface area contributed by atoms with Crippen molar-refractivity contribution >= 4 is 57.6 Å². The Morgan fingerprint density at radius 1 is 1.07 bits per heavy atom. The fourth-order valence-electron chi connectivity index (χ4n) is 4.92. The molecule has 1 fully saturated rings. The van der Waals surface area contributed by atoms with Crippen molar-refractivity contribution in [2.75, 3.05) is 17.3 Å². The van der Waals surface area contributed by atoms with Gasteiger partial charge in [-0.15, -0.1) is 5.10 Å². The maximum absolute atomic E-state index is 14.6. The second kappa shape index (κ2) is 11.3. The van der Waals surface area contributed by atoms with Crippen LogP contribution in [0.5, 0.6) is 0 Å². The molecule has 1 saturated heterocycles. The minimum absolute atomic E-state index is 0.0862. The van der Waals surface area contributed by atoms with Gasteiger partial charge in [0.05, 0.1) is 35.2 Å². The van der Waals surface area contributed by atoms with Crippen LogP contribution in [0.15, 0.2) is 61.1 Å². The first-order chi connectivity index (χ1) is 20.7. The predicted molar refractivity (Wildman–Crippen MR) is 157 cm³/mol. The third-order valence-corrected chi connectivity index (χ3v) is 7.48. The number of aromatic amines is 1. The van der Waals surface area contributed by atoms with E-state index < -0.39 is 30.1 Å². The molecule has 0 bridgehead atoms. The Morgan fingerprint density at radius 3 is 2.65 bits per heavy atom. The number of hydrogen-bond donors (Lipinski definition) is 4. The van der Waals surface area contributed by atoms with E-state index in [4.69, 9.17) is 28.9 Å². The summed E-state index contributed by atoms with van der Waals surface area (Å²) in [6, 6.07) is 9.70. The number of primary amides is 1. The van der Waals surface area contributed by atoms with Crippen LogP contribution in [-0.2, 0) is 4.79 Å². The third-order valence-electron chi connectivity index (χ3n) is 6.93. The van der Waals surface area contributed by atoms with E-state index in [1.807, 2.05) is 0 Å². The van der Waals surface area contributed by atoms with Gasteiger partial charge in [-0.05, 0) is 42.0 Å². The third kappa shape index (κ3) is 5.45. The van der Waals surface area contributed by atoms with Crippen LogP contribution in [0.2, 0.25) is 10.0 Å². The Kier molecular flexibility index (Phi) is 7.38. The number of carbonyl (C=O) groups is 3. The molecule has 0 spiro atoms. The van der Waals surface area contributed by atoms with Crippen molar-refractivity contribution in [3.8, 4) is 22.4 Å². The number of fused-ring (bicyclic) bond motifs is 1. The average molecular weight is 623 g/mol. The molecule has 43 heavy (non-hydrogen) atoms. The molecular weight excluding hydrogens is 602 g/mol. The summed E-state index contributed by atoms with van der Waals surface area (Å²) >= 11 is 12.3. The molecule has 0 radical (unpaired) electrons. The highest BCUT2D eigenvalue weighted by Gasteiger charge is 2.40. The van der Waals surface area contributed by atoms with E-state index in [0.29, 0.717) is 37.8 Å². The van der Waals surface area contributed by atoms with Crippen LogP contribution in [0.25, 0.3) is 33.3 Å². The molecule has 16 heteroatoms. The van der Waals surface area contributed by atoms with Crippen LogP contribution in [-0.4, -0.2) is 71.8 Å². The number of halogens is 3. The molecule has 1 aliphatic heterocycles. The van der Waals surface area contributed by atoms with E-state index >= 15 is 0 Å². The Balaban J connectivity index is 1.24. The van der Waals surface area contributed by atoms with Crippen molar-refractivity contribution in [1.82, 2.24) is 35.2 Å². The zero-order valence-corrected chi connectivity index (χ0v) is 23.5. The number of alkyl halides is 1. The number of urea groups is 1. The second-order valence-electron chi connectivity index (χ2n) is 9.67. The zero-order chi connectivity index (χ0) is 30.2. The highest BCUT2D eigenvalue weighted by atomic mass is 35.5. The first kappa shape index (κ1) is 28.1. The number of amides is 4. The summed E-state index contributed by atoms with van der Waals surface area (Å²) in [7, 11) is 0. The number of nitrogens with zero attached hydrogens (tertiary/aromatic N) is 6. The van der Waals surface area contributed by atoms with Gasteiger partial charge in [0, 0.05) is 34.2 Å². The largest absolute Gasteiger partial charge is 0.364 e.